The van der Waals surface area contributed by atoms with Gasteiger partial charge in [0.2, 0.25) is 23.6 Å². The molecule has 4 aliphatic rings. The summed E-state index contributed by atoms with van der Waals surface area (Å²) in [7, 11) is 7.93. The second-order valence-corrected chi connectivity index (χ2v) is 32.2. The molecule has 24 nitrogen and oxygen atoms in total. The maximum Gasteiger partial charge on any atom is 0.246 e. The van der Waals surface area contributed by atoms with Crippen molar-refractivity contribution in [3.8, 4) is 90.8 Å². The summed E-state index contributed by atoms with van der Waals surface area (Å²) in [6.07, 6.45) is 25.4. The summed E-state index contributed by atoms with van der Waals surface area (Å²) < 4.78 is 32.2. The first-order valence-corrected chi connectivity index (χ1v) is 42.5. The molecular formula is C104H96N16O8. The number of para-hydroxylation sites is 4. The van der Waals surface area contributed by atoms with E-state index < -0.39 is 0 Å². The largest absolute Gasteiger partial charge is 0.457 e. The number of hydrogen-bond acceptors (Lipinski definition) is 16. The van der Waals surface area contributed by atoms with Crippen molar-refractivity contribution >= 4 is 68.0 Å². The molecule has 0 unspecified atom stereocenters. The van der Waals surface area contributed by atoms with Gasteiger partial charge >= 0.3 is 0 Å². The van der Waals surface area contributed by atoms with Gasteiger partial charge in [-0.05, 0) is 209 Å². The van der Waals surface area contributed by atoms with Gasteiger partial charge in [-0.15, -0.1) is 0 Å². The molecule has 0 radical (unpaired) electrons. The molecule has 4 amide bonds. The molecule has 8 aromatic carbocycles. The molecule has 4 saturated heterocycles. The van der Waals surface area contributed by atoms with Gasteiger partial charge < -0.3 is 66.6 Å². The van der Waals surface area contributed by atoms with E-state index in [1.807, 2.05) is 315 Å². The zero-order chi connectivity index (χ0) is 88.0. The number of likely N-dealkylation sites (N-methyl/N-ethyl adjacent to an activating group) is 2. The number of fused-ring (bicyclic) bond motifs is 4. The number of likely N-dealkylation sites (tertiary alicyclic amines) is 4. The summed E-state index contributed by atoms with van der Waals surface area (Å²) >= 11 is 0. The average molecular weight is 1700 g/mol. The van der Waals surface area contributed by atoms with E-state index in [4.69, 9.17) is 28.9 Å². The van der Waals surface area contributed by atoms with Crippen LogP contribution in [0.4, 0.5) is 0 Å². The lowest BCUT2D eigenvalue weighted by molar-refractivity contribution is -0.132. The molecule has 16 aromatic rings. The summed E-state index contributed by atoms with van der Waals surface area (Å²) in [6, 6.07) is 83.9. The summed E-state index contributed by atoms with van der Waals surface area (Å²) in [4.78, 5) is 87.7. The van der Waals surface area contributed by atoms with Crippen LogP contribution in [0, 0.1) is 0 Å². The van der Waals surface area contributed by atoms with Gasteiger partial charge in [-0.2, -0.15) is 0 Å². The zero-order valence-electron chi connectivity index (χ0n) is 71.5. The number of ether oxygens (including phenoxy) is 4. The molecule has 0 bridgehead atoms. The first kappa shape index (κ1) is 84.5. The Morgan fingerprint density at radius 1 is 0.320 bits per heavy atom. The van der Waals surface area contributed by atoms with Crippen LogP contribution >= 0.6 is 0 Å². The van der Waals surface area contributed by atoms with E-state index >= 15 is 0 Å². The van der Waals surface area contributed by atoms with Crippen molar-refractivity contribution in [3.05, 3.63) is 354 Å². The molecular weight excluding hydrogens is 1600 g/mol. The minimum Gasteiger partial charge on any atom is -0.457 e. The van der Waals surface area contributed by atoms with Crippen LogP contribution in [0.3, 0.4) is 0 Å². The van der Waals surface area contributed by atoms with E-state index in [0.29, 0.717) is 52.4 Å². The number of rotatable bonds is 24. The van der Waals surface area contributed by atoms with E-state index in [9.17, 15) is 19.2 Å². The van der Waals surface area contributed by atoms with E-state index in [-0.39, 0.29) is 47.8 Å². The third-order valence-electron chi connectivity index (χ3n) is 22.6. The van der Waals surface area contributed by atoms with Crippen molar-refractivity contribution in [1.82, 2.24) is 77.6 Å². The summed E-state index contributed by atoms with van der Waals surface area (Å²) in [6.45, 7) is 14.1. The first-order chi connectivity index (χ1) is 62.5. The van der Waals surface area contributed by atoms with Crippen molar-refractivity contribution in [2.75, 3.05) is 93.6 Å². The van der Waals surface area contributed by atoms with Crippen LogP contribution in [0.5, 0.6) is 46.0 Å². The number of carbonyl (C=O) groups is 4. The summed E-state index contributed by atoms with van der Waals surface area (Å²) in [5.74, 6) is 6.44. The molecule has 0 N–H and O–H groups in total. The van der Waals surface area contributed by atoms with Crippen molar-refractivity contribution in [3.63, 3.8) is 0 Å². The number of amides is 4. The number of nitrogens with zero attached hydrogens (tertiary/aromatic N) is 16. The Kier molecular flexibility index (Phi) is 25.8. The number of hydrogen-bond donors (Lipinski definition) is 0. The van der Waals surface area contributed by atoms with Crippen LogP contribution in [-0.2, 0) is 19.2 Å². The smallest absolute Gasteiger partial charge is 0.246 e. The fourth-order valence-electron chi connectivity index (χ4n) is 15.5. The highest BCUT2D eigenvalue weighted by Gasteiger charge is 2.35. The lowest BCUT2D eigenvalue weighted by Gasteiger charge is -2.39. The Bertz CT molecular complexity index is 6230. The standard InChI is InChI=1S/C28H28N4O2.C27H27N5O2.C25H21N3O2.C24H20N4O2/c1-30(2)15-6-9-28(33)31-19-23(20-31)32-16-14-26-27(32)17-22(18-29-26)21-10-12-25(13-11-21)34-24-7-4-3-5-8-24;1-30(2)15-6-9-26(33)31-18-21(19-31)32-16-14-24-27(32)29-25(17-28-24)20-10-12-23(13-11-20)34-22-7-4-3-5-8-22;1-2-25(29)27-16-20(17-27)28-13-12-23-24(28)14-19(15-26-23)18-8-10-22(11-9-18)30-21-6-4-3-5-7-21;1-2-23(29)27-15-18(16-27)28-13-12-21-24(28)26-22(14-25-21)17-8-10-20(11-9-17)30-19-6-4-3-5-7-19/h3-14,16-18,23H,15,19-20H2,1-2H3;3-14,16-17,21H,15,18-19H2,1-2H3;2-15,20H,1,16-17H2;2-14,18H,1,15-16H2/b2*9-6+;;. The Hall–Kier alpha value is -15.7. The van der Waals surface area contributed by atoms with Gasteiger partial charge in [-0.25, -0.2) is 9.97 Å². The van der Waals surface area contributed by atoms with E-state index in [2.05, 4.69) is 88.0 Å². The van der Waals surface area contributed by atoms with Crippen LogP contribution in [0.1, 0.15) is 24.2 Å². The molecule has 0 spiro atoms. The zero-order valence-corrected chi connectivity index (χ0v) is 71.5. The van der Waals surface area contributed by atoms with Crippen LogP contribution in [0.25, 0.3) is 89.2 Å². The van der Waals surface area contributed by atoms with Crippen LogP contribution in [0.15, 0.2) is 354 Å². The van der Waals surface area contributed by atoms with Crippen molar-refractivity contribution in [2.24, 2.45) is 0 Å². The molecule has 8 aromatic heterocycles. The van der Waals surface area contributed by atoms with E-state index in [0.717, 1.165) is 148 Å². The fourth-order valence-corrected chi connectivity index (χ4v) is 15.5. The molecule has 128 heavy (non-hydrogen) atoms. The van der Waals surface area contributed by atoms with E-state index in [1.165, 1.54) is 12.2 Å². The van der Waals surface area contributed by atoms with Crippen molar-refractivity contribution < 1.29 is 38.1 Å². The van der Waals surface area contributed by atoms with Gasteiger partial charge in [0.1, 0.15) is 57.0 Å². The highest BCUT2D eigenvalue weighted by atomic mass is 16.5. The molecule has 20 rings (SSSR count). The quantitative estimate of drug-likeness (QED) is 0.0513. The topological polar surface area (TPSA) is 222 Å². The Labute approximate surface area is 742 Å². The summed E-state index contributed by atoms with van der Waals surface area (Å²) in [5.41, 5.74) is 15.2. The molecule has 640 valence electrons. The molecule has 4 fully saturated rings. The lowest BCUT2D eigenvalue weighted by Crippen LogP contribution is -2.50. The van der Waals surface area contributed by atoms with Gasteiger partial charge in [-0.1, -0.05) is 122 Å². The third-order valence-corrected chi connectivity index (χ3v) is 22.6. The first-order valence-electron chi connectivity index (χ1n) is 42.5. The minimum atomic E-state index is -0.0349. The van der Waals surface area contributed by atoms with Gasteiger partial charge in [0.05, 0.1) is 70.0 Å². The number of aromatic nitrogens is 10. The number of carbonyl (C=O) groups excluding carboxylic acids is 4. The lowest BCUT2D eigenvalue weighted by atomic mass is 10.1. The maximum atomic E-state index is 12.4. The monoisotopic (exact) mass is 1700 g/mol. The van der Waals surface area contributed by atoms with Crippen LogP contribution in [0.2, 0.25) is 0 Å². The van der Waals surface area contributed by atoms with Crippen LogP contribution in [-0.4, -0.2) is 195 Å². The fraction of sp³-hybridized carbons (Fsp3) is 0.173. The predicted molar refractivity (Wildman–Crippen MR) is 501 cm³/mol. The second-order valence-electron chi connectivity index (χ2n) is 32.2. The SMILES string of the molecule is C=CC(=O)N1CC(n2ccc3ncc(-c4ccc(Oc5ccccc5)cc4)cc32)C1.C=CC(=O)N1CC(n2ccc3ncc(-c4ccc(Oc5ccccc5)cc4)nc32)C1.CN(C)C/C=C/C(=O)N1CC(n2ccc3ncc(-c4ccc(Oc5ccccc5)cc4)cc32)C1.CN(C)C/C=C/C(=O)N1CC(n2ccc3ncc(-c4ccc(Oc5ccccc5)cc4)nc32)C1. The van der Waals surface area contributed by atoms with Gasteiger partial charge in [0, 0.05) is 137 Å². The van der Waals surface area contributed by atoms with Crippen molar-refractivity contribution in [2.45, 2.75) is 24.2 Å². The summed E-state index contributed by atoms with van der Waals surface area (Å²) in [5, 5.41) is 0. The Balaban J connectivity index is 0.000000120. The normalized spacial score (nSPS) is 14.0. The van der Waals surface area contributed by atoms with E-state index in [1.54, 1.807) is 34.3 Å². The van der Waals surface area contributed by atoms with Gasteiger partial charge in [0.15, 0.2) is 11.3 Å². The van der Waals surface area contributed by atoms with Gasteiger partial charge in [-0.3, -0.25) is 39.1 Å². The van der Waals surface area contributed by atoms with Crippen molar-refractivity contribution in [1.29, 1.82) is 0 Å². The maximum absolute atomic E-state index is 12.4. The highest BCUT2D eigenvalue weighted by molar-refractivity contribution is 5.91. The minimum absolute atomic E-state index is 0.0145. The molecule has 4 aliphatic heterocycles. The Morgan fingerprint density at radius 2 is 0.586 bits per heavy atom. The Morgan fingerprint density at radius 3 is 0.891 bits per heavy atom. The average Bonchev–Trinajstić information content (AvgIpc) is 1.61. The second kappa shape index (κ2) is 39.0. The number of pyridine rings is 2. The molecule has 0 aliphatic carbocycles. The predicted octanol–water partition coefficient (Wildman–Crippen LogP) is 18.9. The molecule has 24 heteroatoms. The molecule has 0 atom stereocenters. The van der Waals surface area contributed by atoms with Gasteiger partial charge in [0.25, 0.3) is 0 Å². The number of benzene rings is 8. The van der Waals surface area contributed by atoms with Crippen LogP contribution < -0.4 is 18.9 Å². The highest BCUT2D eigenvalue weighted by Crippen LogP contribution is 2.37. The molecule has 0 saturated carbocycles. The third kappa shape index (κ3) is 20.1. The molecule has 12 heterocycles.